The maximum Gasteiger partial charge on any atom is 0.354 e. The van der Waals surface area contributed by atoms with Gasteiger partial charge in [0.1, 0.15) is 0 Å². The second-order valence-corrected chi connectivity index (χ2v) is 11.0. The van der Waals surface area contributed by atoms with Gasteiger partial charge in [0.2, 0.25) is 4.34 Å². The van der Waals surface area contributed by atoms with E-state index in [1.54, 1.807) is 13.8 Å². The molecule has 2 aromatic rings. The van der Waals surface area contributed by atoms with Crippen molar-refractivity contribution in [3.8, 4) is 0 Å². The Kier molecular flexibility index (Phi) is 5.02. The molecule has 4 rings (SSSR count). The lowest BCUT2D eigenvalue weighted by Crippen LogP contribution is -2.19. The van der Waals surface area contributed by atoms with Crippen LogP contribution in [0, 0.1) is 0 Å². The van der Waals surface area contributed by atoms with Gasteiger partial charge in [-0.15, -0.1) is 15.7 Å². The molecular weight excluding hydrogens is 412 g/mol. The minimum absolute atomic E-state index is 0.0201. The first-order chi connectivity index (χ1) is 13.6. The molecule has 156 valence electrons. The van der Waals surface area contributed by atoms with E-state index >= 15 is 0 Å². The van der Waals surface area contributed by atoms with Crippen LogP contribution < -0.4 is 10.5 Å². The fourth-order valence-electron chi connectivity index (χ4n) is 3.96. The molecule has 8 nitrogen and oxygen atoms in total. The first kappa shape index (κ1) is 20.4. The number of carbonyl (C=O) groups is 1. The molecule has 1 heterocycles. The van der Waals surface area contributed by atoms with Crippen LogP contribution in [0.5, 0.6) is 0 Å². The van der Waals surface area contributed by atoms with E-state index in [4.69, 9.17) is 5.14 Å². The van der Waals surface area contributed by atoms with E-state index in [0.29, 0.717) is 17.0 Å². The number of anilines is 1. The summed E-state index contributed by atoms with van der Waals surface area (Å²) in [6.07, 6.45) is 4.85. The summed E-state index contributed by atoms with van der Waals surface area (Å²) in [5.74, 6) is 0. The normalized spacial score (nSPS) is 20.1. The van der Waals surface area contributed by atoms with Crippen LogP contribution in [0.25, 0.3) is 0 Å². The SMILES string of the molecule is CC(C)(O)c1cnc([S@@](N)(=O)=NC(=O)Nc2c3c(cc4c2[C@@H](O)CC4)CCC3)s1. The molecule has 2 aliphatic carbocycles. The molecule has 1 aromatic carbocycles. The Morgan fingerprint density at radius 3 is 2.83 bits per heavy atom. The summed E-state index contributed by atoms with van der Waals surface area (Å²) in [7, 11) is -3.56. The van der Waals surface area contributed by atoms with Gasteiger partial charge in [0.05, 0.1) is 22.3 Å². The third-order valence-corrected chi connectivity index (χ3v) is 8.45. The monoisotopic (exact) mass is 436 g/mol. The number of aliphatic hydroxyl groups is 2. The highest BCUT2D eigenvalue weighted by atomic mass is 32.2. The van der Waals surface area contributed by atoms with Gasteiger partial charge < -0.3 is 15.5 Å². The number of amides is 2. The standard InChI is InChI=1S/C19H24N4O4S2/c1-19(2,26)14-9-21-18(28-14)29(20,27)23-17(25)22-16-12-5-3-4-10(12)8-11-6-7-13(24)15(11)16/h8-9,13,24,26H,3-7H2,1-2H3,(H3,20,22,23,25,27)/t13-,29-/m0/s1. The number of fused-ring (bicyclic) bond motifs is 2. The van der Waals surface area contributed by atoms with E-state index in [-0.39, 0.29) is 4.34 Å². The molecule has 10 heteroatoms. The maximum absolute atomic E-state index is 12.8. The highest BCUT2D eigenvalue weighted by Crippen LogP contribution is 2.43. The number of benzene rings is 1. The van der Waals surface area contributed by atoms with Gasteiger partial charge in [-0.05, 0) is 62.6 Å². The Balaban J connectivity index is 1.67. The number of rotatable bonds is 3. The molecule has 29 heavy (non-hydrogen) atoms. The number of carbonyl (C=O) groups excluding carboxylic acids is 1. The highest BCUT2D eigenvalue weighted by Gasteiger charge is 2.30. The Morgan fingerprint density at radius 1 is 1.38 bits per heavy atom. The van der Waals surface area contributed by atoms with Crippen LogP contribution in [0.1, 0.15) is 59.9 Å². The van der Waals surface area contributed by atoms with E-state index in [0.717, 1.165) is 53.7 Å². The Morgan fingerprint density at radius 2 is 2.14 bits per heavy atom. The molecule has 0 radical (unpaired) electrons. The number of hydrogen-bond acceptors (Lipinski definition) is 6. The van der Waals surface area contributed by atoms with Gasteiger partial charge in [-0.2, -0.15) is 0 Å². The number of nitrogens with zero attached hydrogens (tertiary/aromatic N) is 2. The van der Waals surface area contributed by atoms with Crippen molar-refractivity contribution in [3.05, 3.63) is 39.4 Å². The van der Waals surface area contributed by atoms with Crippen molar-refractivity contribution in [2.75, 3.05) is 5.32 Å². The fraction of sp³-hybridized carbons (Fsp3) is 0.474. The summed E-state index contributed by atoms with van der Waals surface area (Å²) in [6.45, 7) is 3.16. The molecule has 0 unspecified atom stereocenters. The van der Waals surface area contributed by atoms with Gasteiger partial charge in [0, 0.05) is 11.8 Å². The summed E-state index contributed by atoms with van der Waals surface area (Å²) in [5, 5.41) is 29.0. The number of urea groups is 1. The van der Waals surface area contributed by atoms with Crippen LogP contribution in [-0.2, 0) is 34.8 Å². The van der Waals surface area contributed by atoms with Crippen LogP contribution in [0.2, 0.25) is 0 Å². The molecule has 0 saturated carbocycles. The maximum atomic E-state index is 12.8. The first-order valence-electron chi connectivity index (χ1n) is 9.46. The third-order valence-electron chi connectivity index (χ3n) is 5.33. The zero-order chi connectivity index (χ0) is 21.0. The number of aromatic nitrogens is 1. The van der Waals surface area contributed by atoms with Crippen molar-refractivity contribution in [1.29, 1.82) is 0 Å². The number of nitrogens with one attached hydrogen (secondary N) is 1. The highest BCUT2D eigenvalue weighted by molar-refractivity contribution is 7.93. The van der Waals surface area contributed by atoms with Crippen molar-refractivity contribution in [2.24, 2.45) is 9.50 Å². The molecule has 2 amide bonds. The van der Waals surface area contributed by atoms with E-state index in [1.807, 2.05) is 0 Å². The summed E-state index contributed by atoms with van der Waals surface area (Å²) >= 11 is 0.960. The second-order valence-electron chi connectivity index (χ2n) is 8.01. The summed E-state index contributed by atoms with van der Waals surface area (Å²) in [4.78, 5) is 17.1. The Hall–Kier alpha value is -1.85. The summed E-state index contributed by atoms with van der Waals surface area (Å²) in [6, 6.07) is 1.29. The largest absolute Gasteiger partial charge is 0.388 e. The fourth-order valence-corrected chi connectivity index (χ4v) is 6.04. The number of hydrogen-bond donors (Lipinski definition) is 4. The van der Waals surface area contributed by atoms with Gasteiger partial charge in [-0.3, -0.25) is 0 Å². The minimum atomic E-state index is -3.56. The van der Waals surface area contributed by atoms with Crippen molar-refractivity contribution in [3.63, 3.8) is 0 Å². The average molecular weight is 437 g/mol. The van der Waals surface area contributed by atoms with Crippen molar-refractivity contribution < 1.29 is 19.2 Å². The molecule has 0 saturated heterocycles. The van der Waals surface area contributed by atoms with Crippen molar-refractivity contribution in [2.45, 2.75) is 62.0 Å². The summed E-state index contributed by atoms with van der Waals surface area (Å²) in [5.41, 5.74) is 3.38. The quantitative estimate of drug-likeness (QED) is 0.586. The lowest BCUT2D eigenvalue weighted by molar-refractivity contribution is 0.0823. The summed E-state index contributed by atoms with van der Waals surface area (Å²) < 4.78 is 16.5. The van der Waals surface area contributed by atoms with Crippen LogP contribution in [-0.4, -0.2) is 25.4 Å². The van der Waals surface area contributed by atoms with E-state index in [2.05, 4.69) is 20.7 Å². The number of aliphatic hydroxyl groups excluding tert-OH is 1. The topological polar surface area (TPSA) is 138 Å². The van der Waals surface area contributed by atoms with Crippen molar-refractivity contribution in [1.82, 2.24) is 4.98 Å². The smallest absolute Gasteiger partial charge is 0.354 e. The lowest BCUT2D eigenvalue weighted by Gasteiger charge is -2.17. The molecular formula is C19H24N4O4S2. The van der Waals surface area contributed by atoms with E-state index in [1.165, 1.54) is 11.8 Å². The molecule has 2 atom stereocenters. The first-order valence-corrected chi connectivity index (χ1v) is 11.9. The number of nitrogens with two attached hydrogens (primary N) is 1. The number of thiazole rings is 1. The number of aryl methyl sites for hydroxylation is 2. The Bertz CT molecular complexity index is 1110. The molecule has 0 fully saturated rings. The minimum Gasteiger partial charge on any atom is -0.388 e. The second kappa shape index (κ2) is 7.13. The molecule has 0 aliphatic heterocycles. The molecule has 5 N–H and O–H groups in total. The van der Waals surface area contributed by atoms with Crippen LogP contribution in [0.4, 0.5) is 10.5 Å². The molecule has 2 aliphatic rings. The van der Waals surface area contributed by atoms with Gasteiger partial charge >= 0.3 is 6.03 Å². The van der Waals surface area contributed by atoms with Crippen LogP contribution >= 0.6 is 11.3 Å². The van der Waals surface area contributed by atoms with Gasteiger partial charge in [-0.25, -0.2) is 19.1 Å². The van der Waals surface area contributed by atoms with Gasteiger partial charge in [0.15, 0.2) is 9.92 Å². The molecule has 1 aromatic heterocycles. The van der Waals surface area contributed by atoms with Crippen LogP contribution in [0.3, 0.4) is 0 Å². The van der Waals surface area contributed by atoms with E-state index < -0.39 is 27.7 Å². The molecule has 0 bridgehead atoms. The van der Waals surface area contributed by atoms with Crippen LogP contribution in [0.15, 0.2) is 21.0 Å². The zero-order valence-corrected chi connectivity index (χ0v) is 17.9. The lowest BCUT2D eigenvalue weighted by atomic mass is 9.98. The van der Waals surface area contributed by atoms with Gasteiger partial charge in [-0.1, -0.05) is 6.07 Å². The Labute approximate surface area is 173 Å². The predicted octanol–water partition coefficient (Wildman–Crippen LogP) is 2.77. The van der Waals surface area contributed by atoms with Crippen molar-refractivity contribution >= 4 is 33.0 Å². The molecule has 0 spiro atoms. The van der Waals surface area contributed by atoms with E-state index in [9.17, 15) is 19.2 Å². The third kappa shape index (κ3) is 3.82. The van der Waals surface area contributed by atoms with Gasteiger partial charge in [0.25, 0.3) is 0 Å². The predicted molar refractivity (Wildman–Crippen MR) is 111 cm³/mol. The average Bonchev–Trinajstić information content (AvgIpc) is 3.33. The zero-order valence-electron chi connectivity index (χ0n) is 16.3.